The lowest BCUT2D eigenvalue weighted by atomic mass is 9.96. The van der Waals surface area contributed by atoms with Crippen LogP contribution in [0.25, 0.3) is 0 Å². The second kappa shape index (κ2) is 10.0. The molecule has 2 aromatic rings. The first-order chi connectivity index (χ1) is 12.0. The van der Waals surface area contributed by atoms with Gasteiger partial charge in [-0.2, -0.15) is 0 Å². The summed E-state index contributed by atoms with van der Waals surface area (Å²) >= 11 is 12.1. The molecule has 0 aliphatic rings. The number of halogens is 2. The minimum Gasteiger partial charge on any atom is -0.494 e. The van der Waals surface area contributed by atoms with E-state index < -0.39 is 0 Å². The zero-order valence-electron chi connectivity index (χ0n) is 14.8. The molecule has 5 heteroatoms. The van der Waals surface area contributed by atoms with E-state index in [-0.39, 0.29) is 5.92 Å². The summed E-state index contributed by atoms with van der Waals surface area (Å²) < 4.78 is 5.65. The van der Waals surface area contributed by atoms with Crippen LogP contribution in [0.4, 0.5) is 0 Å². The molecule has 2 rings (SSSR count). The highest BCUT2D eigenvalue weighted by Crippen LogP contribution is 2.27. The summed E-state index contributed by atoms with van der Waals surface area (Å²) in [5, 5.41) is 4.63. The summed E-state index contributed by atoms with van der Waals surface area (Å²) in [6.07, 6.45) is 0.943. The first-order valence-corrected chi connectivity index (χ1v) is 9.38. The van der Waals surface area contributed by atoms with Crippen LogP contribution in [0.5, 0.6) is 5.75 Å². The van der Waals surface area contributed by atoms with Crippen LogP contribution in [0.15, 0.2) is 36.4 Å². The van der Waals surface area contributed by atoms with Crippen LogP contribution in [-0.4, -0.2) is 19.7 Å². The van der Waals surface area contributed by atoms with E-state index in [9.17, 15) is 0 Å². The molecule has 0 amide bonds. The molecule has 1 unspecified atom stereocenters. The second-order valence-corrected chi connectivity index (χ2v) is 6.92. The molecule has 0 heterocycles. The van der Waals surface area contributed by atoms with Crippen molar-refractivity contribution in [2.75, 3.05) is 19.7 Å². The van der Waals surface area contributed by atoms with Crippen molar-refractivity contribution in [3.63, 3.8) is 0 Å². The Balaban J connectivity index is 1.86. The van der Waals surface area contributed by atoms with E-state index in [4.69, 9.17) is 33.7 Å². The van der Waals surface area contributed by atoms with Crippen LogP contribution < -0.4 is 15.8 Å². The zero-order chi connectivity index (χ0) is 18.2. The third-order valence-electron chi connectivity index (χ3n) is 4.25. The van der Waals surface area contributed by atoms with E-state index in [1.165, 1.54) is 5.56 Å². The van der Waals surface area contributed by atoms with Crippen molar-refractivity contribution in [2.24, 2.45) is 5.73 Å². The Morgan fingerprint density at radius 2 is 1.92 bits per heavy atom. The largest absolute Gasteiger partial charge is 0.494 e. The molecule has 136 valence electrons. The Bertz CT molecular complexity index is 691. The summed E-state index contributed by atoms with van der Waals surface area (Å²) in [7, 11) is 0. The van der Waals surface area contributed by atoms with E-state index in [1.807, 2.05) is 25.1 Å². The minimum absolute atomic E-state index is 0.263. The quantitative estimate of drug-likeness (QED) is 0.606. The van der Waals surface area contributed by atoms with Gasteiger partial charge in [-0.3, -0.25) is 0 Å². The van der Waals surface area contributed by atoms with Crippen LogP contribution >= 0.6 is 23.2 Å². The summed E-state index contributed by atoms with van der Waals surface area (Å²) in [6, 6.07) is 12.1. The number of nitrogens with one attached hydrogen (secondary N) is 1. The van der Waals surface area contributed by atoms with Crippen LogP contribution in [-0.2, 0) is 6.54 Å². The van der Waals surface area contributed by atoms with Crippen LogP contribution in [0.3, 0.4) is 0 Å². The van der Waals surface area contributed by atoms with Gasteiger partial charge in [0.05, 0.1) is 16.7 Å². The van der Waals surface area contributed by atoms with Crippen LogP contribution in [0.1, 0.15) is 36.0 Å². The van der Waals surface area contributed by atoms with Crippen LogP contribution in [0.2, 0.25) is 10.0 Å². The fourth-order valence-corrected chi connectivity index (χ4v) is 3.07. The van der Waals surface area contributed by atoms with E-state index in [2.05, 4.69) is 30.4 Å². The number of hydrogen-bond donors (Lipinski definition) is 2. The monoisotopic (exact) mass is 380 g/mol. The molecule has 0 saturated carbocycles. The van der Waals surface area contributed by atoms with Gasteiger partial charge in [-0.25, -0.2) is 0 Å². The molecule has 0 spiro atoms. The lowest BCUT2D eigenvalue weighted by molar-refractivity contribution is 0.337. The van der Waals surface area contributed by atoms with Gasteiger partial charge in [0, 0.05) is 6.54 Å². The Kier molecular flexibility index (Phi) is 8.04. The number of benzene rings is 2. The predicted molar refractivity (Wildman–Crippen MR) is 107 cm³/mol. The lowest BCUT2D eigenvalue weighted by Gasteiger charge is -2.16. The summed E-state index contributed by atoms with van der Waals surface area (Å²) in [5.74, 6) is 1.22. The number of rotatable bonds is 9. The maximum Gasteiger partial charge on any atom is 0.122 e. The standard InChI is InChI=1S/C20H26Cl2N2O/c1-3-25-20-10-15(5-4-14(20)2)13-24-9-8-17(12-23)16-6-7-18(21)19(22)11-16/h4-7,10-11,17,24H,3,8-9,12-13,23H2,1-2H3. The maximum atomic E-state index is 6.11. The molecule has 25 heavy (non-hydrogen) atoms. The highest BCUT2D eigenvalue weighted by atomic mass is 35.5. The van der Waals surface area contributed by atoms with Gasteiger partial charge in [0.25, 0.3) is 0 Å². The van der Waals surface area contributed by atoms with Gasteiger partial charge in [0.1, 0.15) is 5.75 Å². The second-order valence-electron chi connectivity index (χ2n) is 6.10. The first-order valence-electron chi connectivity index (χ1n) is 8.63. The third kappa shape index (κ3) is 5.89. The maximum absolute atomic E-state index is 6.11. The van der Waals surface area contributed by atoms with E-state index >= 15 is 0 Å². The topological polar surface area (TPSA) is 47.3 Å². The van der Waals surface area contributed by atoms with Crippen molar-refractivity contribution in [1.29, 1.82) is 0 Å². The average molecular weight is 381 g/mol. The van der Waals surface area contributed by atoms with Crippen molar-refractivity contribution in [1.82, 2.24) is 5.32 Å². The lowest BCUT2D eigenvalue weighted by Crippen LogP contribution is -2.21. The molecular weight excluding hydrogens is 355 g/mol. The molecule has 0 fully saturated rings. The zero-order valence-corrected chi connectivity index (χ0v) is 16.3. The van der Waals surface area contributed by atoms with Crippen molar-refractivity contribution in [2.45, 2.75) is 32.7 Å². The van der Waals surface area contributed by atoms with Crippen molar-refractivity contribution < 1.29 is 4.74 Å². The van der Waals surface area contributed by atoms with Crippen LogP contribution in [0, 0.1) is 6.92 Å². The third-order valence-corrected chi connectivity index (χ3v) is 4.99. The van der Waals surface area contributed by atoms with Gasteiger partial charge in [-0.05, 0) is 74.2 Å². The smallest absolute Gasteiger partial charge is 0.122 e. The molecule has 0 radical (unpaired) electrons. The van der Waals surface area contributed by atoms with E-state index in [0.29, 0.717) is 23.2 Å². The van der Waals surface area contributed by atoms with Gasteiger partial charge < -0.3 is 15.8 Å². The number of ether oxygens (including phenoxy) is 1. The molecule has 0 aliphatic carbocycles. The molecule has 0 aromatic heterocycles. The Morgan fingerprint density at radius 3 is 2.60 bits per heavy atom. The summed E-state index contributed by atoms with van der Waals surface area (Å²) in [4.78, 5) is 0. The Labute approximate surface area is 160 Å². The molecule has 0 aliphatic heterocycles. The molecule has 3 N–H and O–H groups in total. The van der Waals surface area contributed by atoms with Gasteiger partial charge in [-0.15, -0.1) is 0 Å². The van der Waals surface area contributed by atoms with Gasteiger partial charge in [-0.1, -0.05) is 41.4 Å². The molecule has 2 aromatic carbocycles. The first kappa shape index (κ1) is 20.1. The molecule has 3 nitrogen and oxygen atoms in total. The SMILES string of the molecule is CCOc1cc(CNCCC(CN)c2ccc(Cl)c(Cl)c2)ccc1C. The molecule has 1 atom stereocenters. The number of nitrogens with two attached hydrogens (primary N) is 1. The average Bonchev–Trinajstić information content (AvgIpc) is 2.60. The normalized spacial score (nSPS) is 12.2. The van der Waals surface area contributed by atoms with E-state index in [0.717, 1.165) is 36.4 Å². The van der Waals surface area contributed by atoms with Crippen molar-refractivity contribution in [3.05, 3.63) is 63.1 Å². The Hall–Kier alpha value is -1.26. The number of aryl methyl sites for hydroxylation is 1. The fourth-order valence-electron chi connectivity index (χ4n) is 2.76. The van der Waals surface area contributed by atoms with E-state index in [1.54, 1.807) is 0 Å². The van der Waals surface area contributed by atoms with Crippen molar-refractivity contribution >= 4 is 23.2 Å². The van der Waals surface area contributed by atoms with Gasteiger partial charge in [0.15, 0.2) is 0 Å². The molecule has 0 bridgehead atoms. The molecule has 0 saturated heterocycles. The Morgan fingerprint density at radius 1 is 1.12 bits per heavy atom. The molecular formula is C20H26Cl2N2O. The highest BCUT2D eigenvalue weighted by Gasteiger charge is 2.11. The van der Waals surface area contributed by atoms with Crippen molar-refractivity contribution in [3.8, 4) is 5.75 Å². The highest BCUT2D eigenvalue weighted by molar-refractivity contribution is 6.42. The predicted octanol–water partition coefficient (Wildman–Crippen LogP) is 4.92. The minimum atomic E-state index is 0.263. The van der Waals surface area contributed by atoms with Gasteiger partial charge in [0.2, 0.25) is 0 Å². The fraction of sp³-hybridized carbons (Fsp3) is 0.400. The van der Waals surface area contributed by atoms with Gasteiger partial charge >= 0.3 is 0 Å². The summed E-state index contributed by atoms with van der Waals surface area (Å²) in [6.45, 7) is 7.00. The summed E-state index contributed by atoms with van der Waals surface area (Å²) in [5.41, 5.74) is 9.44. The number of hydrogen-bond acceptors (Lipinski definition) is 3.